The van der Waals surface area contributed by atoms with Crippen LogP contribution in [0.1, 0.15) is 58.6 Å². The van der Waals surface area contributed by atoms with Gasteiger partial charge >= 0.3 is 0 Å². The number of aliphatic hydroxyl groups is 1. The van der Waals surface area contributed by atoms with Crippen molar-refractivity contribution in [3.63, 3.8) is 0 Å². The highest BCUT2D eigenvalue weighted by Gasteiger charge is 2.25. The third-order valence-electron chi connectivity index (χ3n) is 6.10. The average molecular weight is 420 g/mol. The second kappa shape index (κ2) is 8.98. The molecule has 1 aliphatic carbocycles. The lowest BCUT2D eigenvalue weighted by Crippen LogP contribution is -2.45. The summed E-state index contributed by atoms with van der Waals surface area (Å²) in [6.07, 6.45) is 7.51. The number of hydrogen-bond acceptors (Lipinski definition) is 5. The third kappa shape index (κ3) is 4.82. The van der Waals surface area contributed by atoms with Crippen LogP contribution in [0.3, 0.4) is 0 Å². The number of aliphatic hydroxyl groups excluding tert-OH is 1. The van der Waals surface area contributed by atoms with Gasteiger partial charge in [0.1, 0.15) is 11.4 Å². The van der Waals surface area contributed by atoms with Crippen LogP contribution >= 0.6 is 0 Å². The maximum atomic E-state index is 12.8. The molecule has 0 bridgehead atoms. The smallest absolute Gasteiger partial charge is 0.270 e. The molecule has 0 radical (unpaired) electrons. The van der Waals surface area contributed by atoms with Crippen LogP contribution in [0.4, 0.5) is 0 Å². The minimum absolute atomic E-state index is 0.198. The molecule has 0 saturated heterocycles. The van der Waals surface area contributed by atoms with E-state index in [1.165, 1.54) is 0 Å². The van der Waals surface area contributed by atoms with Crippen molar-refractivity contribution >= 4 is 5.91 Å². The molecule has 7 nitrogen and oxygen atoms in total. The highest BCUT2D eigenvalue weighted by Crippen LogP contribution is 2.21. The summed E-state index contributed by atoms with van der Waals surface area (Å²) in [4.78, 5) is 21.9. The van der Waals surface area contributed by atoms with Gasteiger partial charge in [0.05, 0.1) is 17.8 Å². The monoisotopic (exact) mass is 419 g/mol. The van der Waals surface area contributed by atoms with Gasteiger partial charge in [-0.25, -0.2) is 4.98 Å². The average Bonchev–Trinajstić information content (AvgIpc) is 3.19. The van der Waals surface area contributed by atoms with Crippen LogP contribution in [-0.2, 0) is 13.5 Å². The molecule has 4 rings (SSSR count). The fourth-order valence-electron chi connectivity index (χ4n) is 4.08. The molecule has 3 heterocycles. The quantitative estimate of drug-likeness (QED) is 0.663. The fourth-order valence-corrected chi connectivity index (χ4v) is 4.08. The van der Waals surface area contributed by atoms with Gasteiger partial charge in [-0.2, -0.15) is 5.10 Å². The Hall–Kier alpha value is -3.06. The number of aryl methyl sites for hydroxylation is 2. The molecule has 2 N–H and O–H groups in total. The molecular weight excluding hydrogens is 390 g/mol. The summed E-state index contributed by atoms with van der Waals surface area (Å²) in [6.45, 7) is 3.95. The van der Waals surface area contributed by atoms with E-state index in [-0.39, 0.29) is 11.9 Å². The first-order valence-electron chi connectivity index (χ1n) is 10.8. The fraction of sp³-hybridized carbons (Fsp3) is 0.417. The van der Waals surface area contributed by atoms with E-state index in [0.717, 1.165) is 59.5 Å². The Labute approximate surface area is 182 Å². The Morgan fingerprint density at radius 1 is 1.19 bits per heavy atom. The predicted molar refractivity (Wildman–Crippen MR) is 119 cm³/mol. The molecule has 162 valence electrons. The molecule has 0 aliphatic heterocycles. The SMILES string of the molecule is Cc1nc(C(=O)NC2CCCC[C@@H]2O)cc(Cc2ccc(-c3ccn(C)n3)nc2)c1C. The molecule has 7 heteroatoms. The standard InChI is InChI=1S/C24H29N5O2/c1-15-16(2)26-22(24(31)27-21-6-4-5-7-23(21)30)13-18(15)12-17-8-9-19(25-14-17)20-10-11-29(3)28-20/h8-11,13-14,21,23,30H,4-7,12H2,1-3H3,(H,27,31)/t21?,23-/m0/s1. The second-order valence-electron chi connectivity index (χ2n) is 8.41. The molecule has 1 fully saturated rings. The summed E-state index contributed by atoms with van der Waals surface area (Å²) < 4.78 is 1.76. The number of aromatic nitrogens is 4. The number of rotatable bonds is 5. The number of pyridine rings is 2. The maximum Gasteiger partial charge on any atom is 0.270 e. The first-order chi connectivity index (χ1) is 14.9. The van der Waals surface area contributed by atoms with E-state index >= 15 is 0 Å². The van der Waals surface area contributed by atoms with Gasteiger partial charge in [0.15, 0.2) is 0 Å². The van der Waals surface area contributed by atoms with Crippen molar-refractivity contribution in [1.82, 2.24) is 25.1 Å². The van der Waals surface area contributed by atoms with Crippen molar-refractivity contribution in [2.45, 2.75) is 58.1 Å². The summed E-state index contributed by atoms with van der Waals surface area (Å²) in [6, 6.07) is 7.62. The number of hydrogen-bond donors (Lipinski definition) is 2. The molecular formula is C24H29N5O2. The molecule has 31 heavy (non-hydrogen) atoms. The second-order valence-corrected chi connectivity index (χ2v) is 8.41. The van der Waals surface area contributed by atoms with Crippen LogP contribution < -0.4 is 5.32 Å². The molecule has 0 aromatic carbocycles. The number of carbonyl (C=O) groups is 1. The van der Waals surface area contributed by atoms with Crippen LogP contribution in [0, 0.1) is 13.8 Å². The van der Waals surface area contributed by atoms with E-state index in [1.54, 1.807) is 4.68 Å². The number of carbonyl (C=O) groups excluding carboxylic acids is 1. The molecule has 2 atom stereocenters. The van der Waals surface area contributed by atoms with Crippen LogP contribution in [0.25, 0.3) is 11.4 Å². The van der Waals surface area contributed by atoms with Crippen LogP contribution in [0.2, 0.25) is 0 Å². The van der Waals surface area contributed by atoms with Crippen molar-refractivity contribution in [1.29, 1.82) is 0 Å². The Kier molecular flexibility index (Phi) is 6.13. The van der Waals surface area contributed by atoms with Gasteiger partial charge in [0.25, 0.3) is 5.91 Å². The zero-order valence-corrected chi connectivity index (χ0v) is 18.3. The van der Waals surface area contributed by atoms with E-state index in [0.29, 0.717) is 12.1 Å². The normalized spacial score (nSPS) is 18.7. The molecule has 1 aliphatic rings. The van der Waals surface area contributed by atoms with Gasteiger partial charge in [0.2, 0.25) is 0 Å². The molecule has 3 aromatic heterocycles. The van der Waals surface area contributed by atoms with Crippen LogP contribution in [0.15, 0.2) is 36.7 Å². The van der Waals surface area contributed by atoms with Crippen LogP contribution in [0.5, 0.6) is 0 Å². The number of nitrogens with zero attached hydrogens (tertiary/aromatic N) is 4. The van der Waals surface area contributed by atoms with Crippen molar-refractivity contribution in [2.24, 2.45) is 7.05 Å². The van der Waals surface area contributed by atoms with Gasteiger partial charge in [-0.1, -0.05) is 18.9 Å². The minimum atomic E-state index is -0.479. The molecule has 1 amide bonds. The Morgan fingerprint density at radius 3 is 2.68 bits per heavy atom. The van der Waals surface area contributed by atoms with Crippen molar-refractivity contribution < 1.29 is 9.90 Å². The van der Waals surface area contributed by atoms with E-state index < -0.39 is 6.10 Å². The molecule has 3 aromatic rings. The maximum absolute atomic E-state index is 12.8. The number of amides is 1. The summed E-state index contributed by atoms with van der Waals surface area (Å²) in [5.41, 5.74) is 6.09. The zero-order chi connectivity index (χ0) is 22.0. The van der Waals surface area contributed by atoms with E-state index in [9.17, 15) is 9.90 Å². The van der Waals surface area contributed by atoms with Crippen molar-refractivity contribution in [3.8, 4) is 11.4 Å². The zero-order valence-electron chi connectivity index (χ0n) is 18.3. The largest absolute Gasteiger partial charge is 0.391 e. The van der Waals surface area contributed by atoms with Crippen LogP contribution in [-0.4, -0.2) is 42.9 Å². The van der Waals surface area contributed by atoms with Crippen molar-refractivity contribution in [3.05, 3.63) is 64.7 Å². The van der Waals surface area contributed by atoms with E-state index in [2.05, 4.69) is 20.4 Å². The Bertz CT molecular complexity index is 1070. The molecule has 1 saturated carbocycles. The molecule has 0 spiro atoms. The van der Waals surface area contributed by atoms with E-state index in [1.807, 2.05) is 57.6 Å². The molecule has 1 unspecified atom stereocenters. The topological polar surface area (TPSA) is 92.9 Å². The van der Waals surface area contributed by atoms with Crippen molar-refractivity contribution in [2.75, 3.05) is 0 Å². The Morgan fingerprint density at radius 2 is 2.00 bits per heavy atom. The first kappa shape index (κ1) is 21.2. The minimum Gasteiger partial charge on any atom is -0.391 e. The summed E-state index contributed by atoms with van der Waals surface area (Å²) >= 11 is 0. The van der Waals surface area contributed by atoms with E-state index in [4.69, 9.17) is 0 Å². The highest BCUT2D eigenvalue weighted by atomic mass is 16.3. The predicted octanol–water partition coefficient (Wildman–Crippen LogP) is 3.12. The number of nitrogens with one attached hydrogen (secondary N) is 1. The van der Waals surface area contributed by atoms with Gasteiger partial charge in [-0.3, -0.25) is 14.5 Å². The van der Waals surface area contributed by atoms with Gasteiger partial charge in [-0.15, -0.1) is 0 Å². The van der Waals surface area contributed by atoms with Gasteiger partial charge in [0, 0.05) is 25.1 Å². The summed E-state index contributed by atoms with van der Waals surface area (Å²) in [7, 11) is 1.88. The lowest BCUT2D eigenvalue weighted by Gasteiger charge is -2.28. The summed E-state index contributed by atoms with van der Waals surface area (Å²) in [5, 5.41) is 17.5. The summed E-state index contributed by atoms with van der Waals surface area (Å²) in [5.74, 6) is -0.223. The highest BCUT2D eigenvalue weighted by molar-refractivity contribution is 5.92. The third-order valence-corrected chi connectivity index (χ3v) is 6.10. The Balaban J connectivity index is 1.51. The first-order valence-corrected chi connectivity index (χ1v) is 10.8. The van der Waals surface area contributed by atoms with Gasteiger partial charge < -0.3 is 10.4 Å². The lowest BCUT2D eigenvalue weighted by molar-refractivity contribution is 0.0713. The lowest BCUT2D eigenvalue weighted by atomic mass is 9.92. The van der Waals surface area contributed by atoms with Gasteiger partial charge in [-0.05, 0) is 68.0 Å².